The largest absolute Gasteiger partial charge is 0.393 e. The summed E-state index contributed by atoms with van der Waals surface area (Å²) in [4.78, 5) is 11.9. The van der Waals surface area contributed by atoms with Gasteiger partial charge in [0.1, 0.15) is 0 Å². The van der Waals surface area contributed by atoms with Crippen molar-refractivity contribution < 1.29 is 15.0 Å². The van der Waals surface area contributed by atoms with Gasteiger partial charge in [-0.1, -0.05) is 36.8 Å². The van der Waals surface area contributed by atoms with Crippen LogP contribution in [0.25, 0.3) is 0 Å². The number of benzene rings is 1. The van der Waals surface area contributed by atoms with Crippen LogP contribution in [0, 0.1) is 5.92 Å². The fraction of sp³-hybridized carbons (Fsp3) is 0.562. The van der Waals surface area contributed by atoms with Gasteiger partial charge in [0.15, 0.2) is 0 Å². The molecule has 0 bridgehead atoms. The molecule has 0 saturated heterocycles. The number of carbonyl (C=O) groups excluding carboxylic acids is 1. The molecule has 1 aliphatic rings. The van der Waals surface area contributed by atoms with Crippen molar-refractivity contribution in [3.05, 3.63) is 35.9 Å². The van der Waals surface area contributed by atoms with Crippen LogP contribution in [0.3, 0.4) is 0 Å². The van der Waals surface area contributed by atoms with E-state index in [4.69, 9.17) is 0 Å². The van der Waals surface area contributed by atoms with Crippen molar-refractivity contribution in [1.29, 1.82) is 0 Å². The average molecular weight is 277 g/mol. The SMILES string of the molecule is CC(O)(CC(=O)NCC1CCCC1O)c1ccccc1. The maximum absolute atomic E-state index is 11.9. The molecule has 4 nitrogen and oxygen atoms in total. The zero-order valence-corrected chi connectivity index (χ0v) is 11.9. The lowest BCUT2D eigenvalue weighted by Gasteiger charge is -2.24. The van der Waals surface area contributed by atoms with E-state index in [2.05, 4.69) is 5.32 Å². The molecule has 2 rings (SSSR count). The fourth-order valence-electron chi connectivity index (χ4n) is 2.77. The Morgan fingerprint density at radius 3 is 2.65 bits per heavy atom. The van der Waals surface area contributed by atoms with E-state index in [1.54, 1.807) is 6.92 Å². The van der Waals surface area contributed by atoms with Crippen molar-refractivity contribution in [2.24, 2.45) is 5.92 Å². The lowest BCUT2D eigenvalue weighted by atomic mass is 9.92. The van der Waals surface area contributed by atoms with Gasteiger partial charge in [-0.15, -0.1) is 0 Å². The summed E-state index contributed by atoms with van der Waals surface area (Å²) >= 11 is 0. The second kappa shape index (κ2) is 6.37. The summed E-state index contributed by atoms with van der Waals surface area (Å²) in [7, 11) is 0. The van der Waals surface area contributed by atoms with E-state index in [1.165, 1.54) is 0 Å². The highest BCUT2D eigenvalue weighted by Crippen LogP contribution is 2.26. The van der Waals surface area contributed by atoms with E-state index in [0.29, 0.717) is 6.54 Å². The van der Waals surface area contributed by atoms with Gasteiger partial charge in [-0.3, -0.25) is 4.79 Å². The molecule has 0 radical (unpaired) electrons. The summed E-state index contributed by atoms with van der Waals surface area (Å²) in [5.74, 6) is -0.0291. The van der Waals surface area contributed by atoms with E-state index in [1.807, 2.05) is 30.3 Å². The van der Waals surface area contributed by atoms with Crippen LogP contribution in [0.5, 0.6) is 0 Å². The number of amides is 1. The molecule has 3 N–H and O–H groups in total. The van der Waals surface area contributed by atoms with Crippen molar-refractivity contribution in [3.8, 4) is 0 Å². The predicted octanol–water partition coefficient (Wildman–Crippen LogP) is 1.56. The number of rotatable bonds is 5. The third-order valence-corrected chi connectivity index (χ3v) is 4.08. The van der Waals surface area contributed by atoms with Crippen LogP contribution >= 0.6 is 0 Å². The number of hydrogen-bond acceptors (Lipinski definition) is 3. The smallest absolute Gasteiger partial charge is 0.223 e. The molecule has 1 aromatic carbocycles. The first-order chi connectivity index (χ1) is 9.49. The van der Waals surface area contributed by atoms with Crippen LogP contribution in [0.4, 0.5) is 0 Å². The summed E-state index contributed by atoms with van der Waals surface area (Å²) in [5, 5.41) is 22.9. The highest BCUT2D eigenvalue weighted by atomic mass is 16.3. The van der Waals surface area contributed by atoms with Crippen molar-refractivity contribution in [2.75, 3.05) is 6.54 Å². The van der Waals surface area contributed by atoms with Gasteiger partial charge in [-0.05, 0) is 25.3 Å². The molecule has 110 valence electrons. The van der Waals surface area contributed by atoms with Crippen LogP contribution in [0.1, 0.15) is 38.2 Å². The lowest BCUT2D eigenvalue weighted by Crippen LogP contribution is -2.36. The number of carbonyl (C=O) groups is 1. The maximum atomic E-state index is 11.9. The predicted molar refractivity (Wildman–Crippen MR) is 77.0 cm³/mol. The van der Waals surface area contributed by atoms with Gasteiger partial charge in [-0.25, -0.2) is 0 Å². The van der Waals surface area contributed by atoms with Gasteiger partial charge >= 0.3 is 0 Å². The lowest BCUT2D eigenvalue weighted by molar-refractivity contribution is -0.126. The van der Waals surface area contributed by atoms with Gasteiger partial charge in [0, 0.05) is 12.5 Å². The van der Waals surface area contributed by atoms with E-state index in [-0.39, 0.29) is 24.3 Å². The standard InChI is InChI=1S/C16H23NO3/c1-16(20,13-7-3-2-4-8-13)10-15(19)17-11-12-6-5-9-14(12)18/h2-4,7-8,12,14,18,20H,5-6,9-11H2,1H3,(H,17,19). The second-order valence-electron chi connectivity index (χ2n) is 5.88. The number of aliphatic hydroxyl groups is 2. The van der Waals surface area contributed by atoms with Crippen molar-refractivity contribution in [3.63, 3.8) is 0 Å². The van der Waals surface area contributed by atoms with Crippen LogP contribution < -0.4 is 5.32 Å². The Kier molecular flexibility index (Phi) is 4.78. The number of hydrogen-bond donors (Lipinski definition) is 3. The first-order valence-electron chi connectivity index (χ1n) is 7.22. The van der Waals surface area contributed by atoms with E-state index >= 15 is 0 Å². The Morgan fingerprint density at radius 2 is 2.05 bits per heavy atom. The molecule has 1 amide bonds. The van der Waals surface area contributed by atoms with Crippen molar-refractivity contribution >= 4 is 5.91 Å². The molecule has 1 aromatic rings. The van der Waals surface area contributed by atoms with Crippen LogP contribution in [0.2, 0.25) is 0 Å². The quantitative estimate of drug-likeness (QED) is 0.765. The minimum absolute atomic E-state index is 0.0276. The van der Waals surface area contributed by atoms with Gasteiger partial charge in [-0.2, -0.15) is 0 Å². The summed E-state index contributed by atoms with van der Waals surface area (Å²) in [6.07, 6.45) is 2.52. The zero-order valence-electron chi connectivity index (χ0n) is 11.9. The van der Waals surface area contributed by atoms with E-state index < -0.39 is 5.60 Å². The molecular formula is C16H23NO3. The molecule has 20 heavy (non-hydrogen) atoms. The first-order valence-corrected chi connectivity index (χ1v) is 7.22. The minimum atomic E-state index is -1.17. The summed E-state index contributed by atoms with van der Waals surface area (Å²) < 4.78 is 0. The Balaban J connectivity index is 1.84. The Bertz CT molecular complexity index is 444. The molecule has 4 heteroatoms. The third kappa shape index (κ3) is 3.81. The summed E-state index contributed by atoms with van der Waals surface area (Å²) in [6, 6.07) is 9.19. The highest BCUT2D eigenvalue weighted by molar-refractivity contribution is 5.77. The van der Waals surface area contributed by atoms with Gasteiger partial charge in [0.2, 0.25) is 5.91 Å². The molecule has 0 spiro atoms. The monoisotopic (exact) mass is 277 g/mol. The van der Waals surface area contributed by atoms with Gasteiger partial charge in [0.05, 0.1) is 18.1 Å². The minimum Gasteiger partial charge on any atom is -0.393 e. The van der Waals surface area contributed by atoms with Crippen LogP contribution in [-0.2, 0) is 10.4 Å². The van der Waals surface area contributed by atoms with E-state index in [0.717, 1.165) is 24.8 Å². The second-order valence-corrected chi connectivity index (χ2v) is 5.88. The molecule has 0 aromatic heterocycles. The van der Waals surface area contributed by atoms with E-state index in [9.17, 15) is 15.0 Å². The molecule has 0 aliphatic heterocycles. The van der Waals surface area contributed by atoms with Crippen LogP contribution in [0.15, 0.2) is 30.3 Å². The average Bonchev–Trinajstić information content (AvgIpc) is 2.82. The molecule has 1 aliphatic carbocycles. The normalized spacial score (nSPS) is 25.1. The molecular weight excluding hydrogens is 254 g/mol. The molecule has 1 saturated carbocycles. The Morgan fingerprint density at radius 1 is 1.35 bits per heavy atom. The fourth-order valence-corrected chi connectivity index (χ4v) is 2.77. The number of aliphatic hydroxyl groups excluding tert-OH is 1. The van der Waals surface area contributed by atoms with Gasteiger partial charge in [0.25, 0.3) is 0 Å². The molecule has 0 heterocycles. The summed E-state index contributed by atoms with van der Waals surface area (Å²) in [6.45, 7) is 2.14. The molecule has 3 atom stereocenters. The van der Waals surface area contributed by atoms with Crippen molar-refractivity contribution in [1.82, 2.24) is 5.32 Å². The number of nitrogens with one attached hydrogen (secondary N) is 1. The third-order valence-electron chi connectivity index (χ3n) is 4.08. The first kappa shape index (κ1) is 15.0. The Labute approximate surface area is 119 Å². The molecule has 3 unspecified atom stereocenters. The molecule has 1 fully saturated rings. The highest BCUT2D eigenvalue weighted by Gasteiger charge is 2.28. The topological polar surface area (TPSA) is 69.6 Å². The zero-order chi connectivity index (χ0) is 14.6. The maximum Gasteiger partial charge on any atom is 0.223 e. The summed E-state index contributed by atoms with van der Waals surface area (Å²) in [5.41, 5.74) is -0.435. The van der Waals surface area contributed by atoms with Gasteiger partial charge < -0.3 is 15.5 Å². The van der Waals surface area contributed by atoms with Crippen LogP contribution in [-0.4, -0.2) is 28.8 Å². The Hall–Kier alpha value is -1.39. The van der Waals surface area contributed by atoms with Crippen molar-refractivity contribution in [2.45, 2.75) is 44.3 Å².